The second-order valence-electron chi connectivity index (χ2n) is 9.75. The lowest BCUT2D eigenvalue weighted by molar-refractivity contribution is 0.405. The van der Waals surface area contributed by atoms with E-state index < -0.39 is 7.26 Å². The molecule has 0 saturated carbocycles. The quantitative estimate of drug-likeness (QED) is 0.266. The zero-order chi connectivity index (χ0) is 23.6. The molecule has 3 aromatic rings. The van der Waals surface area contributed by atoms with Gasteiger partial charge in [0, 0.05) is 25.8 Å². The molecule has 0 fully saturated rings. The third-order valence-electron chi connectivity index (χ3n) is 8.44. The van der Waals surface area contributed by atoms with Crippen LogP contribution in [0.3, 0.4) is 0 Å². The molecule has 0 aliphatic heterocycles. The van der Waals surface area contributed by atoms with Gasteiger partial charge >= 0.3 is 0 Å². The highest BCUT2D eigenvalue weighted by molar-refractivity contribution is 7.95. The third-order valence-corrected chi connectivity index (χ3v) is 12.9. The van der Waals surface area contributed by atoms with Crippen LogP contribution in [0.1, 0.15) is 48.0 Å². The standard InChI is InChI=1S/C32H37P/c1-24-25(2)27(4)32(6,28(5)26(24)3)22-23-33(29-16-10-7-11-17-29,30-18-12-8-13-19-30)31-20-14-9-15-21-31/h7-21H,22-23H2,1-6H3/q+2. The minimum atomic E-state index is -1.82. The van der Waals surface area contributed by atoms with Crippen molar-refractivity contribution in [2.24, 2.45) is 5.41 Å². The van der Waals surface area contributed by atoms with Gasteiger partial charge in [-0.05, 0) is 69.7 Å². The molecule has 0 spiro atoms. The largest absolute Gasteiger partial charge is 0.112 e. The Hall–Kier alpha value is -2.56. The van der Waals surface area contributed by atoms with Crippen molar-refractivity contribution in [3.63, 3.8) is 0 Å². The van der Waals surface area contributed by atoms with Gasteiger partial charge in [-0.3, -0.25) is 0 Å². The fourth-order valence-corrected chi connectivity index (χ4v) is 10.1. The summed E-state index contributed by atoms with van der Waals surface area (Å²) >= 11 is 0. The van der Waals surface area contributed by atoms with E-state index in [1.54, 1.807) is 0 Å². The van der Waals surface area contributed by atoms with Gasteiger partial charge in [-0.25, -0.2) is 0 Å². The van der Waals surface area contributed by atoms with Gasteiger partial charge in [-0.2, -0.15) is 0 Å². The first-order valence-corrected chi connectivity index (χ1v) is 14.0. The average molecular weight is 453 g/mol. The van der Waals surface area contributed by atoms with E-state index in [2.05, 4.69) is 133 Å². The SMILES string of the molecule is CC1=C(C)[C+](C)C(C)(CC[P+](c2ccccc2)(c2ccccc2)c2ccccc2)C(C)=C1C. The maximum absolute atomic E-state index is 2.48. The second kappa shape index (κ2) is 9.36. The summed E-state index contributed by atoms with van der Waals surface area (Å²) in [5.74, 6) is 1.54. The van der Waals surface area contributed by atoms with Crippen molar-refractivity contribution in [2.75, 3.05) is 6.16 Å². The van der Waals surface area contributed by atoms with Crippen LogP contribution in [0.15, 0.2) is 113 Å². The Morgan fingerprint density at radius 3 is 1.42 bits per heavy atom. The van der Waals surface area contributed by atoms with Crippen molar-refractivity contribution in [3.05, 3.63) is 119 Å². The van der Waals surface area contributed by atoms with Crippen molar-refractivity contribution >= 4 is 23.2 Å². The van der Waals surface area contributed by atoms with E-state index in [0.717, 1.165) is 12.6 Å². The summed E-state index contributed by atoms with van der Waals surface area (Å²) in [4.78, 5) is 0. The highest BCUT2D eigenvalue weighted by Gasteiger charge is 2.51. The molecule has 33 heavy (non-hydrogen) atoms. The highest BCUT2D eigenvalue weighted by atomic mass is 31.2. The van der Waals surface area contributed by atoms with Crippen LogP contribution in [-0.4, -0.2) is 6.16 Å². The minimum Gasteiger partial charge on any atom is -0.0620 e. The zero-order valence-electron chi connectivity index (χ0n) is 21.0. The van der Waals surface area contributed by atoms with Crippen LogP contribution in [0.2, 0.25) is 0 Å². The first kappa shape index (κ1) is 23.6. The summed E-state index contributed by atoms with van der Waals surface area (Å²) in [7, 11) is -1.82. The summed E-state index contributed by atoms with van der Waals surface area (Å²) in [6.45, 7) is 14.1. The van der Waals surface area contributed by atoms with E-state index in [0.29, 0.717) is 0 Å². The Balaban J connectivity index is 1.89. The van der Waals surface area contributed by atoms with E-state index in [1.807, 2.05) is 0 Å². The van der Waals surface area contributed by atoms with Crippen molar-refractivity contribution in [1.82, 2.24) is 0 Å². The van der Waals surface area contributed by atoms with Crippen LogP contribution >= 0.6 is 7.26 Å². The zero-order valence-corrected chi connectivity index (χ0v) is 21.9. The van der Waals surface area contributed by atoms with Gasteiger partial charge in [0.1, 0.15) is 28.7 Å². The van der Waals surface area contributed by atoms with Gasteiger partial charge < -0.3 is 0 Å². The van der Waals surface area contributed by atoms with E-state index >= 15 is 0 Å². The summed E-state index contributed by atoms with van der Waals surface area (Å²) in [5.41, 5.74) is 6.03. The molecule has 0 aromatic heterocycles. The monoisotopic (exact) mass is 452 g/mol. The van der Waals surface area contributed by atoms with Crippen LogP contribution in [0, 0.1) is 11.3 Å². The topological polar surface area (TPSA) is 0 Å². The average Bonchev–Trinajstić information content (AvgIpc) is 2.88. The Morgan fingerprint density at radius 2 is 1.03 bits per heavy atom. The third kappa shape index (κ3) is 4.00. The number of hydrogen-bond donors (Lipinski definition) is 0. The smallest absolute Gasteiger partial charge is 0.0620 e. The van der Waals surface area contributed by atoms with Crippen LogP contribution in [0.5, 0.6) is 0 Å². The van der Waals surface area contributed by atoms with Crippen LogP contribution in [0.25, 0.3) is 0 Å². The molecule has 1 atom stereocenters. The molecule has 1 heteroatoms. The Morgan fingerprint density at radius 1 is 0.636 bits per heavy atom. The molecule has 0 nitrogen and oxygen atoms in total. The number of rotatable bonds is 6. The molecule has 0 heterocycles. The van der Waals surface area contributed by atoms with E-state index in [1.165, 1.54) is 44.1 Å². The fourth-order valence-electron chi connectivity index (χ4n) is 5.60. The van der Waals surface area contributed by atoms with Gasteiger partial charge in [0.15, 0.2) is 0 Å². The summed E-state index contributed by atoms with van der Waals surface area (Å²) in [6.07, 6.45) is 2.29. The molecule has 0 N–H and O–H groups in total. The molecule has 1 aliphatic rings. The summed E-state index contributed by atoms with van der Waals surface area (Å²) in [6, 6.07) is 33.8. The maximum atomic E-state index is 2.48. The predicted octanol–water partition coefficient (Wildman–Crippen LogP) is 7.66. The van der Waals surface area contributed by atoms with Gasteiger partial charge in [0.2, 0.25) is 0 Å². The molecular weight excluding hydrogens is 415 g/mol. The van der Waals surface area contributed by atoms with Crippen molar-refractivity contribution in [3.8, 4) is 0 Å². The number of allylic oxidation sites excluding steroid dienone is 4. The van der Waals surface area contributed by atoms with Crippen LogP contribution in [0.4, 0.5) is 0 Å². The highest BCUT2D eigenvalue weighted by Crippen LogP contribution is 2.60. The molecule has 0 radical (unpaired) electrons. The van der Waals surface area contributed by atoms with Crippen molar-refractivity contribution < 1.29 is 0 Å². The second-order valence-corrected chi connectivity index (χ2v) is 13.4. The lowest BCUT2D eigenvalue weighted by Crippen LogP contribution is -2.37. The first-order valence-electron chi connectivity index (χ1n) is 12.1. The first-order chi connectivity index (χ1) is 15.8. The summed E-state index contributed by atoms with van der Waals surface area (Å²) < 4.78 is 0. The van der Waals surface area contributed by atoms with E-state index in [4.69, 9.17) is 0 Å². The lowest BCUT2D eigenvalue weighted by atomic mass is 9.62. The normalized spacial score (nSPS) is 19.3. The molecule has 168 valence electrons. The van der Waals surface area contributed by atoms with E-state index in [-0.39, 0.29) is 5.41 Å². The maximum Gasteiger partial charge on any atom is 0.112 e. The fraction of sp³-hybridized carbons (Fsp3) is 0.281. The van der Waals surface area contributed by atoms with Gasteiger partial charge in [-0.1, -0.05) is 54.6 Å². The Bertz CT molecular complexity index is 1060. The summed E-state index contributed by atoms with van der Waals surface area (Å²) in [5, 5.41) is 4.42. The van der Waals surface area contributed by atoms with Gasteiger partial charge in [0.05, 0.1) is 23.1 Å². The van der Waals surface area contributed by atoms with Crippen molar-refractivity contribution in [1.29, 1.82) is 0 Å². The minimum absolute atomic E-state index is 0.0806. The molecule has 0 saturated heterocycles. The van der Waals surface area contributed by atoms with Crippen LogP contribution < -0.4 is 15.9 Å². The Labute approximate surface area is 201 Å². The van der Waals surface area contributed by atoms with Gasteiger partial charge in [0.25, 0.3) is 0 Å². The van der Waals surface area contributed by atoms with Gasteiger partial charge in [-0.15, -0.1) is 0 Å². The molecular formula is C32H37P+2. The molecule has 1 unspecified atom stereocenters. The number of benzene rings is 3. The molecule has 0 amide bonds. The van der Waals surface area contributed by atoms with E-state index in [9.17, 15) is 0 Å². The Kier molecular flexibility index (Phi) is 6.69. The molecule has 3 aromatic carbocycles. The molecule has 1 aliphatic carbocycles. The number of hydrogen-bond acceptors (Lipinski definition) is 0. The molecule has 4 rings (SSSR count). The predicted molar refractivity (Wildman–Crippen MR) is 148 cm³/mol. The lowest BCUT2D eigenvalue weighted by Gasteiger charge is -2.38. The van der Waals surface area contributed by atoms with Crippen LogP contribution in [-0.2, 0) is 0 Å². The molecule has 0 bridgehead atoms. The van der Waals surface area contributed by atoms with Crippen molar-refractivity contribution in [2.45, 2.75) is 48.0 Å².